The number of likely N-dealkylation sites (N-methyl/N-ethyl adjacent to an activating group) is 1. The first-order valence-electron chi connectivity index (χ1n) is 8.04. The molecule has 1 N–H and O–H groups in total. The Balaban J connectivity index is 1.75. The van der Waals surface area contributed by atoms with E-state index in [9.17, 15) is 4.79 Å². The number of hydrogen-bond donors (Lipinski definition) is 1. The molecule has 1 saturated heterocycles. The van der Waals surface area contributed by atoms with Gasteiger partial charge in [-0.1, -0.05) is 11.6 Å². The van der Waals surface area contributed by atoms with Crippen molar-refractivity contribution in [1.82, 2.24) is 15.1 Å². The van der Waals surface area contributed by atoms with Crippen molar-refractivity contribution in [3.05, 3.63) is 11.6 Å². The summed E-state index contributed by atoms with van der Waals surface area (Å²) in [6.07, 6.45) is 8.36. The van der Waals surface area contributed by atoms with Crippen LogP contribution in [-0.2, 0) is 4.79 Å². The minimum absolute atomic E-state index is 0.175. The lowest BCUT2D eigenvalue weighted by Crippen LogP contribution is -2.42. The number of amides is 1. The van der Waals surface area contributed by atoms with Gasteiger partial charge in [0, 0.05) is 19.1 Å². The Hall–Kier alpha value is -0.870. The Bertz CT molecular complexity index is 354. The third kappa shape index (κ3) is 4.91. The van der Waals surface area contributed by atoms with Gasteiger partial charge in [-0.15, -0.1) is 0 Å². The van der Waals surface area contributed by atoms with Gasteiger partial charge >= 0.3 is 0 Å². The van der Waals surface area contributed by atoms with E-state index in [0.29, 0.717) is 6.54 Å². The highest BCUT2D eigenvalue weighted by atomic mass is 16.2. The zero-order valence-corrected chi connectivity index (χ0v) is 13.0. The highest BCUT2D eigenvalue weighted by Gasteiger charge is 2.18. The normalized spacial score (nSPS) is 23.8. The molecule has 0 saturated carbocycles. The molecule has 1 aliphatic heterocycles. The van der Waals surface area contributed by atoms with Crippen molar-refractivity contribution in [2.75, 3.05) is 39.8 Å². The maximum absolute atomic E-state index is 12.2. The summed E-state index contributed by atoms with van der Waals surface area (Å²) in [5, 5.41) is 3.17. The largest absolute Gasteiger partial charge is 0.349 e. The Kier molecular flexibility index (Phi) is 6.05. The summed E-state index contributed by atoms with van der Waals surface area (Å²) in [5.41, 5.74) is 1.42. The fourth-order valence-corrected chi connectivity index (χ4v) is 3.10. The van der Waals surface area contributed by atoms with Crippen LogP contribution in [0.4, 0.5) is 0 Å². The highest BCUT2D eigenvalue weighted by Crippen LogP contribution is 2.20. The Morgan fingerprint density at radius 1 is 1.25 bits per heavy atom. The molecule has 1 unspecified atom stereocenters. The van der Waals surface area contributed by atoms with Crippen LogP contribution < -0.4 is 5.32 Å². The molecule has 0 bridgehead atoms. The van der Waals surface area contributed by atoms with Crippen molar-refractivity contribution in [3.63, 3.8) is 0 Å². The minimum Gasteiger partial charge on any atom is -0.349 e. The molecule has 0 aromatic rings. The second-order valence-corrected chi connectivity index (χ2v) is 6.25. The summed E-state index contributed by atoms with van der Waals surface area (Å²) in [6.45, 7) is 6.90. The van der Waals surface area contributed by atoms with Crippen LogP contribution in [0, 0.1) is 0 Å². The van der Waals surface area contributed by atoms with Gasteiger partial charge < -0.3 is 10.2 Å². The zero-order valence-electron chi connectivity index (χ0n) is 13.0. The standard InChI is InChI=1S/C16H29N3O/c1-14(15-7-4-3-5-8-15)17-16(20)13-19-10-6-9-18(2)11-12-19/h7,14H,3-6,8-13H2,1-2H3,(H,17,20). The molecular formula is C16H29N3O. The summed E-state index contributed by atoms with van der Waals surface area (Å²) in [7, 11) is 2.15. The molecule has 0 aromatic heterocycles. The van der Waals surface area contributed by atoms with Crippen molar-refractivity contribution in [2.45, 2.75) is 45.1 Å². The predicted molar refractivity (Wildman–Crippen MR) is 82.7 cm³/mol. The first kappa shape index (κ1) is 15.5. The monoisotopic (exact) mass is 279 g/mol. The van der Waals surface area contributed by atoms with Crippen molar-refractivity contribution < 1.29 is 4.79 Å². The van der Waals surface area contributed by atoms with Gasteiger partial charge in [-0.25, -0.2) is 0 Å². The average Bonchev–Trinajstić information content (AvgIpc) is 2.64. The van der Waals surface area contributed by atoms with Crippen LogP contribution in [-0.4, -0.2) is 61.5 Å². The van der Waals surface area contributed by atoms with Crippen LogP contribution in [0.15, 0.2) is 11.6 Å². The summed E-state index contributed by atoms with van der Waals surface area (Å²) >= 11 is 0. The van der Waals surface area contributed by atoms with Gasteiger partial charge in [0.1, 0.15) is 0 Å². The lowest BCUT2D eigenvalue weighted by molar-refractivity contribution is -0.122. The minimum atomic E-state index is 0.175. The number of carbonyl (C=O) groups excluding carboxylic acids is 1. The molecule has 0 radical (unpaired) electrons. The third-order valence-corrected chi connectivity index (χ3v) is 4.44. The maximum Gasteiger partial charge on any atom is 0.234 e. The second-order valence-electron chi connectivity index (χ2n) is 6.25. The summed E-state index contributed by atoms with van der Waals surface area (Å²) in [6, 6.07) is 0.206. The van der Waals surface area contributed by atoms with E-state index in [1.807, 2.05) is 0 Å². The first-order valence-corrected chi connectivity index (χ1v) is 8.04. The fraction of sp³-hybridized carbons (Fsp3) is 0.812. The maximum atomic E-state index is 12.2. The summed E-state index contributed by atoms with van der Waals surface area (Å²) < 4.78 is 0. The zero-order chi connectivity index (χ0) is 14.4. The van der Waals surface area contributed by atoms with Crippen LogP contribution in [0.2, 0.25) is 0 Å². The fourth-order valence-electron chi connectivity index (χ4n) is 3.10. The molecule has 1 amide bonds. The number of nitrogens with one attached hydrogen (secondary N) is 1. The van der Waals surface area contributed by atoms with E-state index in [-0.39, 0.29) is 11.9 Å². The van der Waals surface area contributed by atoms with Gasteiger partial charge in [-0.2, -0.15) is 0 Å². The van der Waals surface area contributed by atoms with Gasteiger partial charge in [0.15, 0.2) is 0 Å². The smallest absolute Gasteiger partial charge is 0.234 e. The number of allylic oxidation sites excluding steroid dienone is 1. The molecular weight excluding hydrogens is 250 g/mol. The van der Waals surface area contributed by atoms with Crippen LogP contribution in [0.25, 0.3) is 0 Å². The molecule has 0 aromatic carbocycles. The van der Waals surface area contributed by atoms with Gasteiger partial charge in [0.05, 0.1) is 6.54 Å². The summed E-state index contributed by atoms with van der Waals surface area (Å²) in [4.78, 5) is 16.8. The topological polar surface area (TPSA) is 35.6 Å². The van der Waals surface area contributed by atoms with Gasteiger partial charge in [-0.3, -0.25) is 9.69 Å². The molecule has 1 aliphatic carbocycles. The quantitative estimate of drug-likeness (QED) is 0.795. The van der Waals surface area contributed by atoms with Crippen LogP contribution in [0.1, 0.15) is 39.0 Å². The predicted octanol–water partition coefficient (Wildman–Crippen LogP) is 1.63. The lowest BCUT2D eigenvalue weighted by atomic mass is 9.95. The molecule has 4 nitrogen and oxygen atoms in total. The Morgan fingerprint density at radius 3 is 2.85 bits per heavy atom. The first-order chi connectivity index (χ1) is 9.65. The Morgan fingerprint density at radius 2 is 2.10 bits per heavy atom. The molecule has 1 fully saturated rings. The van der Waals surface area contributed by atoms with E-state index in [1.54, 1.807) is 0 Å². The second kappa shape index (κ2) is 7.79. The molecule has 2 aliphatic rings. The van der Waals surface area contributed by atoms with Crippen LogP contribution in [0.5, 0.6) is 0 Å². The number of nitrogens with zero attached hydrogens (tertiary/aromatic N) is 2. The molecule has 20 heavy (non-hydrogen) atoms. The molecule has 1 atom stereocenters. The molecule has 0 spiro atoms. The molecule has 2 rings (SSSR count). The van der Waals surface area contributed by atoms with Gasteiger partial charge in [0.2, 0.25) is 5.91 Å². The highest BCUT2D eigenvalue weighted by molar-refractivity contribution is 5.78. The van der Waals surface area contributed by atoms with E-state index < -0.39 is 0 Å². The lowest BCUT2D eigenvalue weighted by Gasteiger charge is -2.24. The van der Waals surface area contributed by atoms with Crippen molar-refractivity contribution in [1.29, 1.82) is 0 Å². The Labute approximate surface area is 123 Å². The van der Waals surface area contributed by atoms with Crippen molar-refractivity contribution >= 4 is 5.91 Å². The van der Waals surface area contributed by atoms with Gasteiger partial charge in [0.25, 0.3) is 0 Å². The number of rotatable bonds is 4. The van der Waals surface area contributed by atoms with E-state index >= 15 is 0 Å². The summed E-state index contributed by atoms with van der Waals surface area (Å²) in [5.74, 6) is 0.175. The van der Waals surface area contributed by atoms with E-state index in [4.69, 9.17) is 0 Å². The average molecular weight is 279 g/mol. The molecule has 114 valence electrons. The van der Waals surface area contributed by atoms with Crippen LogP contribution >= 0.6 is 0 Å². The SMILES string of the molecule is CC(NC(=O)CN1CCCN(C)CC1)C1=CCCCC1. The third-order valence-electron chi connectivity index (χ3n) is 4.44. The molecule has 4 heteroatoms. The van der Waals surface area contributed by atoms with E-state index in [1.165, 1.54) is 24.8 Å². The van der Waals surface area contributed by atoms with Gasteiger partial charge in [-0.05, 0) is 59.2 Å². The van der Waals surface area contributed by atoms with Crippen molar-refractivity contribution in [3.8, 4) is 0 Å². The van der Waals surface area contributed by atoms with Crippen LogP contribution in [0.3, 0.4) is 0 Å². The van der Waals surface area contributed by atoms with E-state index in [0.717, 1.165) is 39.0 Å². The van der Waals surface area contributed by atoms with E-state index in [2.05, 4.69) is 35.2 Å². The number of carbonyl (C=O) groups is 1. The molecule has 1 heterocycles. The number of hydrogen-bond acceptors (Lipinski definition) is 3. The van der Waals surface area contributed by atoms with Crippen molar-refractivity contribution in [2.24, 2.45) is 0 Å².